The first-order valence-corrected chi connectivity index (χ1v) is 6.09. The maximum Gasteiger partial charge on any atom is 0.390 e. The summed E-state index contributed by atoms with van der Waals surface area (Å²) in [4.78, 5) is 2.07. The summed E-state index contributed by atoms with van der Waals surface area (Å²) in [5.74, 6) is 0. The maximum atomic E-state index is 12.3. The number of benzene rings is 1. The smallest absolute Gasteiger partial charge is 0.311 e. The average Bonchev–Trinajstić information content (AvgIpc) is 2.28. The second-order valence-corrected chi connectivity index (χ2v) is 4.69. The molecule has 5 heteroatoms. The van der Waals surface area contributed by atoms with E-state index in [0.717, 1.165) is 18.7 Å². The van der Waals surface area contributed by atoms with Gasteiger partial charge < -0.3 is 5.32 Å². The van der Waals surface area contributed by atoms with Gasteiger partial charge in [-0.25, -0.2) is 0 Å². The molecule has 1 aliphatic heterocycles. The SMILES string of the molecule is FC(F)(F)C[C@H]1CN(Cc2ccccc2)CCN1. The lowest BCUT2D eigenvalue weighted by atomic mass is 10.1. The van der Waals surface area contributed by atoms with Gasteiger partial charge in [0, 0.05) is 32.2 Å². The number of nitrogens with zero attached hydrogens (tertiary/aromatic N) is 1. The Kier molecular flexibility index (Phi) is 4.24. The van der Waals surface area contributed by atoms with E-state index in [1.165, 1.54) is 0 Å². The number of alkyl halides is 3. The van der Waals surface area contributed by atoms with Crippen LogP contribution in [-0.4, -0.2) is 36.8 Å². The molecule has 1 N–H and O–H groups in total. The van der Waals surface area contributed by atoms with Gasteiger partial charge in [-0.05, 0) is 5.56 Å². The van der Waals surface area contributed by atoms with Crippen molar-refractivity contribution in [2.24, 2.45) is 0 Å². The van der Waals surface area contributed by atoms with E-state index in [0.29, 0.717) is 13.1 Å². The van der Waals surface area contributed by atoms with E-state index in [4.69, 9.17) is 0 Å². The first-order valence-electron chi connectivity index (χ1n) is 6.09. The van der Waals surface area contributed by atoms with E-state index >= 15 is 0 Å². The highest BCUT2D eigenvalue weighted by Gasteiger charge is 2.33. The average molecular weight is 258 g/mol. The summed E-state index contributed by atoms with van der Waals surface area (Å²) in [6.45, 7) is 2.59. The van der Waals surface area contributed by atoms with Crippen LogP contribution >= 0.6 is 0 Å². The van der Waals surface area contributed by atoms with Crippen molar-refractivity contribution < 1.29 is 13.2 Å². The van der Waals surface area contributed by atoms with Crippen molar-refractivity contribution in [1.82, 2.24) is 10.2 Å². The highest BCUT2D eigenvalue weighted by Crippen LogP contribution is 2.23. The minimum Gasteiger partial charge on any atom is -0.311 e. The normalized spacial score (nSPS) is 22.1. The Morgan fingerprint density at radius 3 is 2.61 bits per heavy atom. The van der Waals surface area contributed by atoms with Crippen LogP contribution < -0.4 is 5.32 Å². The van der Waals surface area contributed by atoms with Gasteiger partial charge >= 0.3 is 6.18 Å². The molecule has 1 heterocycles. The lowest BCUT2D eigenvalue weighted by Gasteiger charge is -2.34. The predicted molar refractivity (Wildman–Crippen MR) is 64.2 cm³/mol. The lowest BCUT2D eigenvalue weighted by molar-refractivity contribution is -0.142. The fourth-order valence-electron chi connectivity index (χ4n) is 2.30. The minimum absolute atomic E-state index is 0.453. The molecular weight excluding hydrogens is 241 g/mol. The van der Waals surface area contributed by atoms with Crippen molar-refractivity contribution in [2.75, 3.05) is 19.6 Å². The fraction of sp³-hybridized carbons (Fsp3) is 0.538. The van der Waals surface area contributed by atoms with Gasteiger partial charge in [0.1, 0.15) is 0 Å². The second-order valence-electron chi connectivity index (χ2n) is 4.69. The van der Waals surface area contributed by atoms with Gasteiger partial charge in [-0.2, -0.15) is 13.2 Å². The molecule has 1 aliphatic rings. The number of halogens is 3. The van der Waals surface area contributed by atoms with Crippen LogP contribution in [0.4, 0.5) is 13.2 Å². The van der Waals surface area contributed by atoms with Crippen LogP contribution in [0.1, 0.15) is 12.0 Å². The number of hydrogen-bond acceptors (Lipinski definition) is 2. The number of piperazine rings is 1. The molecule has 0 unspecified atom stereocenters. The lowest BCUT2D eigenvalue weighted by Crippen LogP contribution is -2.51. The summed E-state index contributed by atoms with van der Waals surface area (Å²) >= 11 is 0. The van der Waals surface area contributed by atoms with E-state index in [1.54, 1.807) is 0 Å². The van der Waals surface area contributed by atoms with Gasteiger partial charge in [-0.1, -0.05) is 30.3 Å². The van der Waals surface area contributed by atoms with E-state index in [2.05, 4.69) is 10.2 Å². The zero-order chi connectivity index (χ0) is 13.0. The molecule has 0 spiro atoms. The Morgan fingerprint density at radius 1 is 1.22 bits per heavy atom. The van der Waals surface area contributed by atoms with Crippen LogP contribution in [0.15, 0.2) is 30.3 Å². The van der Waals surface area contributed by atoms with Crippen molar-refractivity contribution in [2.45, 2.75) is 25.2 Å². The Bertz CT molecular complexity index is 364. The first kappa shape index (κ1) is 13.4. The van der Waals surface area contributed by atoms with Crippen molar-refractivity contribution in [1.29, 1.82) is 0 Å². The van der Waals surface area contributed by atoms with Crippen LogP contribution in [0.2, 0.25) is 0 Å². The first-order chi connectivity index (χ1) is 8.53. The number of rotatable bonds is 3. The van der Waals surface area contributed by atoms with Crippen LogP contribution in [0.25, 0.3) is 0 Å². The quantitative estimate of drug-likeness (QED) is 0.895. The summed E-state index contributed by atoms with van der Waals surface area (Å²) in [5, 5.41) is 2.93. The van der Waals surface area contributed by atoms with E-state index in [-0.39, 0.29) is 0 Å². The molecule has 1 atom stereocenters. The molecule has 0 amide bonds. The molecule has 1 aromatic rings. The summed E-state index contributed by atoms with van der Waals surface area (Å²) in [5.41, 5.74) is 1.14. The molecule has 1 fully saturated rings. The van der Waals surface area contributed by atoms with Gasteiger partial charge in [0.15, 0.2) is 0 Å². The third-order valence-corrected chi connectivity index (χ3v) is 3.07. The van der Waals surface area contributed by atoms with E-state index in [9.17, 15) is 13.2 Å². The van der Waals surface area contributed by atoms with Crippen LogP contribution in [0.5, 0.6) is 0 Å². The zero-order valence-corrected chi connectivity index (χ0v) is 10.1. The van der Waals surface area contributed by atoms with Crippen LogP contribution in [0, 0.1) is 0 Å². The molecule has 2 rings (SSSR count). The largest absolute Gasteiger partial charge is 0.390 e. The minimum atomic E-state index is -4.09. The molecule has 0 aromatic heterocycles. The summed E-state index contributed by atoms with van der Waals surface area (Å²) < 4.78 is 37.0. The molecule has 18 heavy (non-hydrogen) atoms. The van der Waals surface area contributed by atoms with Gasteiger partial charge in [0.05, 0.1) is 6.42 Å². The third kappa shape index (κ3) is 4.31. The Morgan fingerprint density at radius 2 is 1.94 bits per heavy atom. The Balaban J connectivity index is 1.87. The van der Waals surface area contributed by atoms with Gasteiger partial charge in [-0.3, -0.25) is 4.90 Å². The van der Waals surface area contributed by atoms with Crippen molar-refractivity contribution in [3.05, 3.63) is 35.9 Å². The zero-order valence-electron chi connectivity index (χ0n) is 10.1. The monoisotopic (exact) mass is 258 g/mol. The Hall–Kier alpha value is -1.07. The number of nitrogens with one attached hydrogen (secondary N) is 1. The van der Waals surface area contributed by atoms with Crippen molar-refractivity contribution in [3.8, 4) is 0 Å². The second kappa shape index (κ2) is 5.71. The van der Waals surface area contributed by atoms with Crippen molar-refractivity contribution >= 4 is 0 Å². The maximum absolute atomic E-state index is 12.3. The highest BCUT2D eigenvalue weighted by atomic mass is 19.4. The highest BCUT2D eigenvalue weighted by molar-refractivity contribution is 5.14. The molecular formula is C13H17F3N2. The fourth-order valence-corrected chi connectivity index (χ4v) is 2.30. The van der Waals surface area contributed by atoms with Gasteiger partial charge in [0.2, 0.25) is 0 Å². The molecule has 0 radical (unpaired) electrons. The molecule has 1 aromatic carbocycles. The summed E-state index contributed by atoms with van der Waals surface area (Å²) in [6.07, 6.45) is -4.84. The molecule has 0 bridgehead atoms. The summed E-state index contributed by atoms with van der Waals surface area (Å²) in [6, 6.07) is 9.35. The molecule has 1 saturated heterocycles. The van der Waals surface area contributed by atoms with E-state index < -0.39 is 18.6 Å². The van der Waals surface area contributed by atoms with Gasteiger partial charge in [0.25, 0.3) is 0 Å². The van der Waals surface area contributed by atoms with Crippen molar-refractivity contribution in [3.63, 3.8) is 0 Å². The molecule has 2 nitrogen and oxygen atoms in total. The predicted octanol–water partition coefficient (Wildman–Crippen LogP) is 2.41. The summed E-state index contributed by atoms with van der Waals surface area (Å²) in [7, 11) is 0. The van der Waals surface area contributed by atoms with E-state index in [1.807, 2.05) is 30.3 Å². The van der Waals surface area contributed by atoms with Crippen LogP contribution in [0.3, 0.4) is 0 Å². The van der Waals surface area contributed by atoms with Gasteiger partial charge in [-0.15, -0.1) is 0 Å². The molecule has 100 valence electrons. The van der Waals surface area contributed by atoms with Crippen LogP contribution in [-0.2, 0) is 6.54 Å². The third-order valence-electron chi connectivity index (χ3n) is 3.07. The number of hydrogen-bond donors (Lipinski definition) is 1. The topological polar surface area (TPSA) is 15.3 Å². The standard InChI is InChI=1S/C13H17F3N2/c14-13(15,16)8-12-10-18(7-6-17-12)9-11-4-2-1-3-5-11/h1-5,12,17H,6-10H2/t12-/m0/s1. The molecule has 0 saturated carbocycles. The molecule has 0 aliphatic carbocycles. The Labute approximate surface area is 105 Å².